The predicted octanol–water partition coefficient (Wildman–Crippen LogP) is 4.23. The number of fused-ring (bicyclic) bond motifs is 1. The molecule has 0 aliphatic heterocycles. The molecule has 0 spiro atoms. The van der Waals surface area contributed by atoms with Gasteiger partial charge in [-0.25, -0.2) is 0 Å². The molecule has 0 radical (unpaired) electrons. The van der Waals surface area contributed by atoms with Crippen LogP contribution in [0.3, 0.4) is 0 Å². The Bertz CT molecular complexity index is 698. The summed E-state index contributed by atoms with van der Waals surface area (Å²) in [5.74, 6) is 0.961. The van der Waals surface area contributed by atoms with Crippen molar-refractivity contribution in [2.24, 2.45) is 0 Å². The highest BCUT2D eigenvalue weighted by Crippen LogP contribution is 2.32. The van der Waals surface area contributed by atoms with Crippen LogP contribution in [0.5, 0.6) is 5.75 Å². The lowest BCUT2D eigenvalue weighted by molar-refractivity contribution is 0.201. The second-order valence-corrected chi connectivity index (χ2v) is 5.97. The van der Waals surface area contributed by atoms with Crippen LogP contribution in [0.1, 0.15) is 17.4 Å². The van der Waals surface area contributed by atoms with Crippen LogP contribution in [0.25, 0.3) is 10.8 Å². The molecule has 0 bridgehead atoms. The fourth-order valence-electron chi connectivity index (χ4n) is 2.46. The third kappa shape index (κ3) is 4.69. The molecule has 2 aromatic carbocycles. The Labute approximate surface area is 147 Å². The van der Waals surface area contributed by atoms with E-state index in [1.54, 1.807) is 11.3 Å². The Morgan fingerprint density at radius 3 is 2.57 bits per heavy atom. The Morgan fingerprint density at radius 2 is 1.83 bits per heavy atom. The molecule has 1 atom stereocenters. The van der Waals surface area contributed by atoms with Crippen LogP contribution < -0.4 is 10.1 Å². The summed E-state index contributed by atoms with van der Waals surface area (Å²) in [6.07, 6.45) is 1.06. The molecule has 1 unspecified atom stereocenters. The van der Waals surface area contributed by atoms with Crippen molar-refractivity contribution in [3.05, 3.63) is 64.9 Å². The van der Waals surface area contributed by atoms with Gasteiger partial charge in [0.15, 0.2) is 0 Å². The maximum absolute atomic E-state index is 6.34. The quantitative estimate of drug-likeness (QED) is 0.722. The lowest BCUT2D eigenvalue weighted by atomic mass is 10.1. The van der Waals surface area contributed by atoms with E-state index in [0.29, 0.717) is 0 Å². The van der Waals surface area contributed by atoms with Gasteiger partial charge in [-0.1, -0.05) is 42.5 Å². The molecule has 124 valence electrons. The molecule has 3 aromatic rings. The van der Waals surface area contributed by atoms with Crippen molar-refractivity contribution in [1.82, 2.24) is 5.32 Å². The van der Waals surface area contributed by atoms with Crippen LogP contribution in [-0.4, -0.2) is 19.1 Å². The van der Waals surface area contributed by atoms with Crippen molar-refractivity contribution in [2.75, 3.05) is 13.6 Å². The number of thiophene rings is 1. The van der Waals surface area contributed by atoms with Crippen molar-refractivity contribution in [3.63, 3.8) is 0 Å². The van der Waals surface area contributed by atoms with Crippen molar-refractivity contribution >= 4 is 34.5 Å². The first-order valence-electron chi connectivity index (χ1n) is 7.21. The van der Waals surface area contributed by atoms with Crippen molar-refractivity contribution < 1.29 is 10.2 Å². The number of ether oxygens (including phenoxy) is 1. The fourth-order valence-corrected chi connectivity index (χ4v) is 3.25. The molecule has 5 heteroatoms. The SMILES string of the molecule is CNCCC(Oc1cccc2ccccc12)c1cccs1.Cl.O. The summed E-state index contributed by atoms with van der Waals surface area (Å²) in [5.41, 5.74) is 0. The topological polar surface area (TPSA) is 52.8 Å². The van der Waals surface area contributed by atoms with Crippen molar-refractivity contribution in [3.8, 4) is 5.75 Å². The summed E-state index contributed by atoms with van der Waals surface area (Å²) in [7, 11) is 1.98. The third-order valence-corrected chi connectivity index (χ3v) is 4.50. The monoisotopic (exact) mass is 351 g/mol. The molecule has 0 saturated heterocycles. The van der Waals surface area contributed by atoms with Gasteiger partial charge in [-0.05, 0) is 36.5 Å². The molecule has 23 heavy (non-hydrogen) atoms. The van der Waals surface area contributed by atoms with Gasteiger partial charge < -0.3 is 15.5 Å². The van der Waals surface area contributed by atoms with Crippen LogP contribution in [0, 0.1) is 0 Å². The van der Waals surface area contributed by atoms with Gasteiger partial charge in [0.05, 0.1) is 0 Å². The zero-order valence-electron chi connectivity index (χ0n) is 13.0. The molecular weight excluding hydrogens is 330 g/mol. The summed E-state index contributed by atoms with van der Waals surface area (Å²) < 4.78 is 6.34. The van der Waals surface area contributed by atoms with Gasteiger partial charge in [0.2, 0.25) is 0 Å². The summed E-state index contributed by atoms with van der Waals surface area (Å²) >= 11 is 1.75. The van der Waals surface area contributed by atoms with E-state index < -0.39 is 0 Å². The highest BCUT2D eigenvalue weighted by Gasteiger charge is 2.15. The van der Waals surface area contributed by atoms with E-state index in [2.05, 4.69) is 65.3 Å². The first kappa shape index (κ1) is 19.5. The zero-order valence-corrected chi connectivity index (χ0v) is 14.6. The number of hydrogen-bond donors (Lipinski definition) is 1. The number of halogens is 1. The van der Waals surface area contributed by atoms with Gasteiger partial charge in [0, 0.05) is 16.7 Å². The molecule has 0 saturated carbocycles. The molecule has 0 fully saturated rings. The molecule has 1 heterocycles. The summed E-state index contributed by atoms with van der Waals surface area (Å²) in [5, 5.41) is 7.70. The molecule has 1 aromatic heterocycles. The predicted molar refractivity (Wildman–Crippen MR) is 101 cm³/mol. The smallest absolute Gasteiger partial charge is 0.134 e. The molecule has 0 aliphatic carbocycles. The van der Waals surface area contributed by atoms with Crippen LogP contribution in [-0.2, 0) is 0 Å². The number of hydrogen-bond acceptors (Lipinski definition) is 3. The van der Waals surface area contributed by atoms with E-state index >= 15 is 0 Å². The van der Waals surface area contributed by atoms with E-state index in [-0.39, 0.29) is 24.0 Å². The first-order chi connectivity index (χ1) is 10.4. The summed E-state index contributed by atoms with van der Waals surface area (Å²) in [6.45, 7) is 0.938. The van der Waals surface area contributed by atoms with Gasteiger partial charge in [-0.3, -0.25) is 0 Å². The van der Waals surface area contributed by atoms with Crippen LogP contribution >= 0.6 is 23.7 Å². The lowest BCUT2D eigenvalue weighted by Gasteiger charge is -2.19. The van der Waals surface area contributed by atoms with Crippen molar-refractivity contribution in [2.45, 2.75) is 12.5 Å². The number of nitrogens with one attached hydrogen (secondary N) is 1. The molecule has 0 amide bonds. The average Bonchev–Trinajstić information content (AvgIpc) is 3.06. The molecular formula is C18H22ClNO2S. The first-order valence-corrected chi connectivity index (χ1v) is 8.09. The number of benzene rings is 2. The highest BCUT2D eigenvalue weighted by molar-refractivity contribution is 7.10. The largest absolute Gasteiger partial charge is 0.484 e. The lowest BCUT2D eigenvalue weighted by Crippen LogP contribution is -2.15. The van der Waals surface area contributed by atoms with Crippen LogP contribution in [0.2, 0.25) is 0 Å². The standard InChI is InChI=1S/C18H19NOS.ClH.H2O/c1-19-12-11-17(18-10-5-13-21-18)20-16-9-4-7-14-6-2-3-8-15(14)16;;/h2-10,13,17,19H,11-12H2,1H3;1H;1H2. The fraction of sp³-hybridized carbons (Fsp3) is 0.222. The summed E-state index contributed by atoms with van der Waals surface area (Å²) in [6, 6.07) is 18.8. The van der Waals surface area contributed by atoms with Crippen molar-refractivity contribution in [1.29, 1.82) is 0 Å². The minimum absolute atomic E-state index is 0. The highest BCUT2D eigenvalue weighted by atomic mass is 35.5. The van der Waals surface area contributed by atoms with E-state index in [9.17, 15) is 0 Å². The zero-order chi connectivity index (χ0) is 14.5. The maximum atomic E-state index is 6.34. The average molecular weight is 352 g/mol. The van der Waals surface area contributed by atoms with E-state index in [4.69, 9.17) is 4.74 Å². The summed E-state index contributed by atoms with van der Waals surface area (Å²) in [4.78, 5) is 1.28. The minimum atomic E-state index is 0. The van der Waals surface area contributed by atoms with E-state index in [1.807, 2.05) is 7.05 Å². The van der Waals surface area contributed by atoms with Gasteiger partial charge in [-0.15, -0.1) is 23.7 Å². The van der Waals surface area contributed by atoms with Gasteiger partial charge in [-0.2, -0.15) is 0 Å². The number of rotatable bonds is 6. The van der Waals surface area contributed by atoms with Gasteiger partial charge >= 0.3 is 0 Å². The minimum Gasteiger partial charge on any atom is -0.484 e. The Balaban J connectivity index is 0.00000132. The van der Waals surface area contributed by atoms with E-state index in [0.717, 1.165) is 18.7 Å². The van der Waals surface area contributed by atoms with Gasteiger partial charge in [0.25, 0.3) is 0 Å². The molecule has 0 aliphatic rings. The Morgan fingerprint density at radius 1 is 1.04 bits per heavy atom. The maximum Gasteiger partial charge on any atom is 0.134 e. The molecule has 3 nitrogen and oxygen atoms in total. The Kier molecular flexibility index (Phi) is 8.06. The normalized spacial score (nSPS) is 11.3. The second-order valence-electron chi connectivity index (χ2n) is 4.99. The van der Waals surface area contributed by atoms with Gasteiger partial charge in [0.1, 0.15) is 11.9 Å². The van der Waals surface area contributed by atoms with Crippen LogP contribution in [0.15, 0.2) is 60.0 Å². The third-order valence-electron chi connectivity index (χ3n) is 3.54. The van der Waals surface area contributed by atoms with E-state index in [1.165, 1.54) is 15.6 Å². The molecule has 3 rings (SSSR count). The molecule has 3 N–H and O–H groups in total. The second kappa shape index (κ2) is 9.53. The Hall–Kier alpha value is -1.59. The van der Waals surface area contributed by atoms with Crippen LogP contribution in [0.4, 0.5) is 0 Å².